The monoisotopic (exact) mass is 331 g/mol. The summed E-state index contributed by atoms with van der Waals surface area (Å²) in [6, 6.07) is 5.30. The number of nitrogens with zero attached hydrogens (tertiary/aromatic N) is 3. The Kier molecular flexibility index (Phi) is 4.54. The standard InChI is InChI=1S/C16H21N5O3/c1-3-17-16(23)21-8-6-20(7-9-21)15(22)13-10-12(18-19-13)14-5-4-11(2)24-14/h4-5,10H,3,6-9H2,1-2H3,(H,17,23)(H,18,19). The van der Waals surface area contributed by atoms with Crippen molar-refractivity contribution in [3.8, 4) is 11.5 Å². The Balaban J connectivity index is 1.62. The number of aromatic amines is 1. The highest BCUT2D eigenvalue weighted by Crippen LogP contribution is 2.21. The fourth-order valence-electron chi connectivity index (χ4n) is 2.67. The van der Waals surface area contributed by atoms with Crippen molar-refractivity contribution in [1.82, 2.24) is 25.3 Å². The van der Waals surface area contributed by atoms with Gasteiger partial charge in [0.15, 0.2) is 11.5 Å². The zero-order valence-corrected chi connectivity index (χ0v) is 13.8. The van der Waals surface area contributed by atoms with Gasteiger partial charge in [0, 0.05) is 38.8 Å². The molecule has 0 aromatic carbocycles. The molecule has 0 saturated carbocycles. The van der Waals surface area contributed by atoms with Crippen LogP contribution >= 0.6 is 0 Å². The Labute approximate surface area is 139 Å². The van der Waals surface area contributed by atoms with E-state index in [0.717, 1.165) is 5.76 Å². The number of piperazine rings is 1. The van der Waals surface area contributed by atoms with Crippen LogP contribution in [0, 0.1) is 6.92 Å². The van der Waals surface area contributed by atoms with Gasteiger partial charge in [-0.3, -0.25) is 9.89 Å². The van der Waals surface area contributed by atoms with Crippen molar-refractivity contribution in [3.05, 3.63) is 29.7 Å². The van der Waals surface area contributed by atoms with Crippen LogP contribution < -0.4 is 5.32 Å². The molecule has 0 unspecified atom stereocenters. The Hall–Kier alpha value is -2.77. The van der Waals surface area contributed by atoms with Crippen LogP contribution in [0.25, 0.3) is 11.5 Å². The first-order chi connectivity index (χ1) is 11.6. The first-order valence-corrected chi connectivity index (χ1v) is 8.02. The Morgan fingerprint density at radius 2 is 1.96 bits per heavy atom. The predicted octanol–water partition coefficient (Wildman–Crippen LogP) is 1.47. The predicted molar refractivity (Wildman–Crippen MR) is 87.6 cm³/mol. The Morgan fingerprint density at radius 1 is 1.25 bits per heavy atom. The van der Waals surface area contributed by atoms with Gasteiger partial charge in [-0.05, 0) is 26.0 Å². The number of amides is 3. The largest absolute Gasteiger partial charge is 0.460 e. The minimum absolute atomic E-state index is 0.0835. The number of carbonyl (C=O) groups is 2. The number of carbonyl (C=O) groups excluding carboxylic acids is 2. The van der Waals surface area contributed by atoms with Crippen LogP contribution in [0.1, 0.15) is 23.2 Å². The van der Waals surface area contributed by atoms with E-state index in [2.05, 4.69) is 15.5 Å². The van der Waals surface area contributed by atoms with Gasteiger partial charge in [-0.2, -0.15) is 5.10 Å². The number of urea groups is 1. The summed E-state index contributed by atoms with van der Waals surface area (Å²) in [6.45, 7) is 6.38. The molecule has 1 aliphatic rings. The van der Waals surface area contributed by atoms with Crippen LogP contribution in [0.5, 0.6) is 0 Å². The lowest BCUT2D eigenvalue weighted by molar-refractivity contribution is 0.0659. The van der Waals surface area contributed by atoms with Crippen LogP contribution in [-0.4, -0.2) is 64.7 Å². The minimum atomic E-state index is -0.142. The van der Waals surface area contributed by atoms with Gasteiger partial charge in [0.2, 0.25) is 0 Å². The summed E-state index contributed by atoms with van der Waals surface area (Å²) in [4.78, 5) is 27.8. The van der Waals surface area contributed by atoms with Gasteiger partial charge in [0.1, 0.15) is 11.5 Å². The molecule has 2 aromatic rings. The van der Waals surface area contributed by atoms with Gasteiger partial charge in [-0.15, -0.1) is 0 Å². The van der Waals surface area contributed by atoms with E-state index in [-0.39, 0.29) is 11.9 Å². The van der Waals surface area contributed by atoms with Gasteiger partial charge >= 0.3 is 6.03 Å². The molecule has 2 N–H and O–H groups in total. The maximum absolute atomic E-state index is 12.5. The van der Waals surface area contributed by atoms with Gasteiger partial charge in [-0.25, -0.2) is 4.79 Å². The van der Waals surface area contributed by atoms with E-state index in [0.29, 0.717) is 49.9 Å². The Bertz CT molecular complexity index is 728. The molecule has 0 aliphatic carbocycles. The molecule has 0 bridgehead atoms. The topological polar surface area (TPSA) is 94.5 Å². The van der Waals surface area contributed by atoms with Gasteiger partial charge in [0.25, 0.3) is 5.91 Å². The van der Waals surface area contributed by atoms with E-state index in [1.807, 2.05) is 26.0 Å². The van der Waals surface area contributed by atoms with Crippen LogP contribution in [0.4, 0.5) is 4.79 Å². The molecule has 2 aromatic heterocycles. The van der Waals surface area contributed by atoms with E-state index in [9.17, 15) is 9.59 Å². The highest BCUT2D eigenvalue weighted by Gasteiger charge is 2.26. The van der Waals surface area contributed by atoms with E-state index < -0.39 is 0 Å². The van der Waals surface area contributed by atoms with Gasteiger partial charge < -0.3 is 19.5 Å². The van der Waals surface area contributed by atoms with Crippen LogP contribution in [0.15, 0.2) is 22.6 Å². The van der Waals surface area contributed by atoms with Crippen molar-refractivity contribution < 1.29 is 14.0 Å². The van der Waals surface area contributed by atoms with Crippen molar-refractivity contribution >= 4 is 11.9 Å². The summed E-state index contributed by atoms with van der Waals surface area (Å²) in [7, 11) is 0. The molecular weight excluding hydrogens is 310 g/mol. The lowest BCUT2D eigenvalue weighted by Crippen LogP contribution is -2.53. The van der Waals surface area contributed by atoms with Crippen molar-refractivity contribution in [2.45, 2.75) is 13.8 Å². The average molecular weight is 331 g/mol. The SMILES string of the molecule is CCNC(=O)N1CCN(C(=O)c2cc(-c3ccc(C)o3)[nH]n2)CC1. The number of furan rings is 1. The first kappa shape index (κ1) is 16.1. The second kappa shape index (κ2) is 6.77. The number of rotatable bonds is 3. The highest BCUT2D eigenvalue weighted by molar-refractivity contribution is 5.93. The summed E-state index contributed by atoms with van der Waals surface area (Å²) in [5, 5.41) is 9.70. The molecule has 8 nitrogen and oxygen atoms in total. The molecule has 0 radical (unpaired) electrons. The smallest absolute Gasteiger partial charge is 0.317 e. The van der Waals surface area contributed by atoms with Gasteiger partial charge in [0.05, 0.1) is 0 Å². The summed E-state index contributed by atoms with van der Waals surface area (Å²) < 4.78 is 5.52. The van der Waals surface area contributed by atoms with E-state index in [1.165, 1.54) is 0 Å². The Morgan fingerprint density at radius 3 is 2.58 bits per heavy atom. The lowest BCUT2D eigenvalue weighted by Gasteiger charge is -2.34. The zero-order valence-electron chi connectivity index (χ0n) is 13.8. The average Bonchev–Trinajstić information content (AvgIpc) is 3.23. The molecule has 0 atom stereocenters. The first-order valence-electron chi connectivity index (χ1n) is 8.02. The van der Waals surface area contributed by atoms with Crippen molar-refractivity contribution in [3.63, 3.8) is 0 Å². The normalized spacial score (nSPS) is 14.8. The molecule has 8 heteroatoms. The molecule has 1 fully saturated rings. The summed E-state index contributed by atoms with van der Waals surface area (Å²) >= 11 is 0. The number of aromatic nitrogens is 2. The molecule has 1 aliphatic heterocycles. The second-order valence-electron chi connectivity index (χ2n) is 5.69. The van der Waals surface area contributed by atoms with Gasteiger partial charge in [-0.1, -0.05) is 0 Å². The second-order valence-corrected chi connectivity index (χ2v) is 5.69. The molecule has 3 amide bonds. The molecule has 3 rings (SSSR count). The summed E-state index contributed by atoms with van der Waals surface area (Å²) in [6.07, 6.45) is 0. The number of nitrogens with one attached hydrogen (secondary N) is 2. The van der Waals surface area contributed by atoms with E-state index >= 15 is 0 Å². The third-order valence-electron chi connectivity index (χ3n) is 3.98. The molecular formula is C16H21N5O3. The lowest BCUT2D eigenvalue weighted by atomic mass is 10.2. The number of aryl methyl sites for hydroxylation is 1. The van der Waals surface area contributed by atoms with Crippen LogP contribution in [0.2, 0.25) is 0 Å². The number of hydrogen-bond acceptors (Lipinski definition) is 4. The third-order valence-corrected chi connectivity index (χ3v) is 3.98. The maximum Gasteiger partial charge on any atom is 0.317 e. The molecule has 128 valence electrons. The minimum Gasteiger partial charge on any atom is -0.460 e. The molecule has 1 saturated heterocycles. The summed E-state index contributed by atoms with van der Waals surface area (Å²) in [5.74, 6) is 1.31. The number of hydrogen-bond donors (Lipinski definition) is 2. The number of H-pyrrole nitrogens is 1. The van der Waals surface area contributed by atoms with E-state index in [4.69, 9.17) is 4.42 Å². The molecule has 24 heavy (non-hydrogen) atoms. The van der Waals surface area contributed by atoms with Crippen molar-refractivity contribution in [2.24, 2.45) is 0 Å². The van der Waals surface area contributed by atoms with Crippen molar-refractivity contribution in [1.29, 1.82) is 0 Å². The fourth-order valence-corrected chi connectivity index (χ4v) is 2.67. The quantitative estimate of drug-likeness (QED) is 0.890. The highest BCUT2D eigenvalue weighted by atomic mass is 16.3. The molecule has 3 heterocycles. The van der Waals surface area contributed by atoms with E-state index in [1.54, 1.807) is 15.9 Å². The maximum atomic E-state index is 12.5. The van der Waals surface area contributed by atoms with Crippen LogP contribution in [0.3, 0.4) is 0 Å². The van der Waals surface area contributed by atoms with Crippen LogP contribution in [-0.2, 0) is 0 Å². The third kappa shape index (κ3) is 3.27. The fraction of sp³-hybridized carbons (Fsp3) is 0.438. The summed E-state index contributed by atoms with van der Waals surface area (Å²) in [5.41, 5.74) is 1.03. The molecule has 0 spiro atoms. The zero-order chi connectivity index (χ0) is 17.1. The van der Waals surface area contributed by atoms with Crippen molar-refractivity contribution in [2.75, 3.05) is 32.7 Å².